The Morgan fingerprint density at radius 3 is 2.73 bits per heavy atom. The number of aryl methyl sites for hydroxylation is 1. The minimum atomic E-state index is 0.0118. The molecule has 1 aromatic carbocycles. The van der Waals surface area contributed by atoms with Gasteiger partial charge in [-0.25, -0.2) is 0 Å². The first-order valence-corrected chi connectivity index (χ1v) is 8.34. The van der Waals surface area contributed by atoms with Crippen LogP contribution in [0.2, 0.25) is 0 Å². The van der Waals surface area contributed by atoms with E-state index in [9.17, 15) is 4.79 Å². The van der Waals surface area contributed by atoms with E-state index in [1.165, 1.54) is 0 Å². The van der Waals surface area contributed by atoms with Crippen LogP contribution in [-0.4, -0.2) is 32.6 Å². The highest BCUT2D eigenvalue weighted by molar-refractivity contribution is 9.10. The molecule has 7 heteroatoms. The Bertz CT molecular complexity index is 692. The third kappa shape index (κ3) is 4.27. The first-order chi connectivity index (χ1) is 10.5. The lowest BCUT2D eigenvalue weighted by Gasteiger charge is -2.18. The summed E-state index contributed by atoms with van der Waals surface area (Å²) in [5.74, 6) is 0.843. The van der Waals surface area contributed by atoms with E-state index in [-0.39, 0.29) is 12.5 Å². The number of halogens is 1. The van der Waals surface area contributed by atoms with Gasteiger partial charge in [-0.2, -0.15) is 5.10 Å². The van der Waals surface area contributed by atoms with Crippen molar-refractivity contribution < 1.29 is 4.79 Å². The van der Waals surface area contributed by atoms with E-state index in [0.29, 0.717) is 11.3 Å². The van der Waals surface area contributed by atoms with Gasteiger partial charge in [0.15, 0.2) is 4.77 Å². The summed E-state index contributed by atoms with van der Waals surface area (Å²) in [6.45, 7) is 2.86. The second kappa shape index (κ2) is 7.69. The van der Waals surface area contributed by atoms with Gasteiger partial charge in [0.25, 0.3) is 0 Å². The molecule has 2 aromatic rings. The van der Waals surface area contributed by atoms with Gasteiger partial charge >= 0.3 is 0 Å². The third-order valence-corrected chi connectivity index (χ3v) is 4.20. The Morgan fingerprint density at radius 2 is 2.09 bits per heavy atom. The molecule has 1 N–H and O–H groups in total. The number of aromatic nitrogens is 3. The van der Waals surface area contributed by atoms with E-state index in [1.54, 1.807) is 16.5 Å². The summed E-state index contributed by atoms with van der Waals surface area (Å²) < 4.78 is 3.30. The van der Waals surface area contributed by atoms with Crippen molar-refractivity contribution in [3.8, 4) is 0 Å². The van der Waals surface area contributed by atoms with Crippen LogP contribution in [0.3, 0.4) is 0 Å². The number of benzene rings is 1. The topological polar surface area (TPSA) is 53.9 Å². The van der Waals surface area contributed by atoms with Gasteiger partial charge in [0.05, 0.1) is 0 Å². The Kier molecular flexibility index (Phi) is 5.90. The molecule has 22 heavy (non-hydrogen) atoms. The molecule has 0 saturated carbocycles. The van der Waals surface area contributed by atoms with Crippen molar-refractivity contribution in [3.05, 3.63) is 44.9 Å². The van der Waals surface area contributed by atoms with Gasteiger partial charge in [-0.1, -0.05) is 35.0 Å². The van der Waals surface area contributed by atoms with Gasteiger partial charge in [-0.15, -0.1) is 0 Å². The molecule has 0 aliphatic heterocycles. The zero-order valence-corrected chi connectivity index (χ0v) is 15.1. The average Bonchev–Trinajstić information content (AvgIpc) is 2.83. The highest BCUT2D eigenvalue weighted by atomic mass is 79.9. The first-order valence-electron chi connectivity index (χ1n) is 7.13. The first kappa shape index (κ1) is 16.9. The zero-order valence-electron chi connectivity index (χ0n) is 12.7. The second-order valence-corrected chi connectivity index (χ2v) is 6.46. The number of rotatable bonds is 6. The standard InChI is InChI=1S/C15H19BrN4OS/c1-3-4-13-17-18-15(22)20(13)10-14(21)19(2)9-11-5-7-12(16)8-6-11/h5-8H,3-4,9-10H2,1-2H3,(H,18,22). The van der Waals surface area contributed by atoms with Gasteiger partial charge in [0.2, 0.25) is 5.91 Å². The number of amides is 1. The molecule has 0 atom stereocenters. The van der Waals surface area contributed by atoms with Crippen LogP contribution in [0.5, 0.6) is 0 Å². The van der Waals surface area contributed by atoms with Crippen LogP contribution < -0.4 is 0 Å². The van der Waals surface area contributed by atoms with Gasteiger partial charge < -0.3 is 4.90 Å². The van der Waals surface area contributed by atoms with E-state index < -0.39 is 0 Å². The summed E-state index contributed by atoms with van der Waals surface area (Å²) >= 11 is 8.61. The molecule has 0 unspecified atom stereocenters. The molecule has 0 bridgehead atoms. The van der Waals surface area contributed by atoms with Gasteiger partial charge in [-0.3, -0.25) is 14.5 Å². The number of H-pyrrole nitrogens is 1. The molecule has 118 valence electrons. The van der Waals surface area contributed by atoms with Crippen molar-refractivity contribution in [1.29, 1.82) is 0 Å². The lowest BCUT2D eigenvalue weighted by atomic mass is 10.2. The summed E-state index contributed by atoms with van der Waals surface area (Å²) in [6, 6.07) is 7.94. The largest absolute Gasteiger partial charge is 0.340 e. The molecule has 2 rings (SSSR count). The van der Waals surface area contributed by atoms with E-state index >= 15 is 0 Å². The molecule has 0 radical (unpaired) electrons. The summed E-state index contributed by atoms with van der Waals surface area (Å²) in [7, 11) is 1.80. The van der Waals surface area contributed by atoms with Crippen molar-refractivity contribution in [2.24, 2.45) is 0 Å². The Morgan fingerprint density at radius 1 is 1.41 bits per heavy atom. The van der Waals surface area contributed by atoms with E-state index in [2.05, 4.69) is 33.1 Å². The average molecular weight is 383 g/mol. The molecule has 0 aliphatic carbocycles. The van der Waals surface area contributed by atoms with Crippen molar-refractivity contribution >= 4 is 34.1 Å². The van der Waals surface area contributed by atoms with Crippen molar-refractivity contribution in [1.82, 2.24) is 19.7 Å². The molecule has 0 spiro atoms. The molecular weight excluding hydrogens is 364 g/mol. The number of nitrogens with zero attached hydrogens (tertiary/aromatic N) is 3. The van der Waals surface area contributed by atoms with Crippen molar-refractivity contribution in [2.45, 2.75) is 32.9 Å². The maximum absolute atomic E-state index is 12.4. The van der Waals surface area contributed by atoms with Gasteiger partial charge in [-0.05, 0) is 36.3 Å². The number of likely N-dealkylation sites (N-methyl/N-ethyl adjacent to an activating group) is 1. The monoisotopic (exact) mass is 382 g/mol. The molecule has 5 nitrogen and oxygen atoms in total. The Hall–Kier alpha value is -1.47. The van der Waals surface area contributed by atoms with Crippen molar-refractivity contribution in [3.63, 3.8) is 0 Å². The van der Waals surface area contributed by atoms with Crippen LogP contribution in [0.25, 0.3) is 0 Å². The maximum atomic E-state index is 12.4. The number of nitrogens with one attached hydrogen (secondary N) is 1. The molecule has 1 heterocycles. The van der Waals surface area contributed by atoms with Crippen LogP contribution >= 0.6 is 28.1 Å². The van der Waals surface area contributed by atoms with Gasteiger partial charge in [0, 0.05) is 24.5 Å². The predicted octanol–water partition coefficient (Wildman–Crippen LogP) is 3.31. The minimum Gasteiger partial charge on any atom is -0.340 e. The fourth-order valence-electron chi connectivity index (χ4n) is 2.14. The molecule has 0 saturated heterocycles. The third-order valence-electron chi connectivity index (χ3n) is 3.36. The summed E-state index contributed by atoms with van der Waals surface area (Å²) in [5.41, 5.74) is 1.09. The van der Waals surface area contributed by atoms with Crippen LogP contribution in [0.4, 0.5) is 0 Å². The maximum Gasteiger partial charge on any atom is 0.242 e. The Balaban J connectivity index is 2.04. The molecule has 1 amide bonds. The second-order valence-electron chi connectivity index (χ2n) is 5.16. The van der Waals surface area contributed by atoms with Crippen LogP contribution in [0, 0.1) is 4.77 Å². The quantitative estimate of drug-likeness (QED) is 0.779. The van der Waals surface area contributed by atoms with Crippen LogP contribution in [0.1, 0.15) is 24.7 Å². The number of carbonyl (C=O) groups is 1. The fraction of sp³-hybridized carbons (Fsp3) is 0.400. The molecule has 0 aliphatic rings. The lowest BCUT2D eigenvalue weighted by Crippen LogP contribution is -2.30. The highest BCUT2D eigenvalue weighted by Crippen LogP contribution is 2.12. The Labute approximate surface area is 143 Å². The normalized spacial score (nSPS) is 10.7. The summed E-state index contributed by atoms with van der Waals surface area (Å²) in [5, 5.41) is 6.94. The molecule has 1 aromatic heterocycles. The zero-order chi connectivity index (χ0) is 16.1. The highest BCUT2D eigenvalue weighted by Gasteiger charge is 2.14. The number of hydrogen-bond donors (Lipinski definition) is 1. The summed E-state index contributed by atoms with van der Waals surface area (Å²) in [4.78, 5) is 14.1. The fourth-order valence-corrected chi connectivity index (χ4v) is 2.62. The van der Waals surface area contributed by atoms with E-state index in [4.69, 9.17) is 12.2 Å². The number of aromatic amines is 1. The van der Waals surface area contributed by atoms with Crippen LogP contribution in [-0.2, 0) is 24.3 Å². The van der Waals surface area contributed by atoms with Crippen molar-refractivity contribution in [2.75, 3.05) is 7.05 Å². The lowest BCUT2D eigenvalue weighted by molar-refractivity contribution is -0.131. The summed E-state index contributed by atoms with van der Waals surface area (Å²) in [6.07, 6.45) is 1.76. The molecule has 0 fully saturated rings. The van der Waals surface area contributed by atoms with Crippen LogP contribution in [0.15, 0.2) is 28.7 Å². The van der Waals surface area contributed by atoms with E-state index in [1.807, 2.05) is 24.3 Å². The van der Waals surface area contributed by atoms with Gasteiger partial charge in [0.1, 0.15) is 12.4 Å². The minimum absolute atomic E-state index is 0.0118. The molecular formula is C15H19BrN4OS. The smallest absolute Gasteiger partial charge is 0.242 e. The predicted molar refractivity (Wildman–Crippen MR) is 92.0 cm³/mol. The number of hydrogen-bond acceptors (Lipinski definition) is 3. The van der Waals surface area contributed by atoms with E-state index in [0.717, 1.165) is 28.7 Å². The SMILES string of the molecule is CCCc1n[nH]c(=S)n1CC(=O)N(C)Cc1ccc(Br)cc1. The number of carbonyl (C=O) groups excluding carboxylic acids is 1.